The molecule has 2 saturated heterocycles. The van der Waals surface area contributed by atoms with Crippen LogP contribution >= 0.6 is 0 Å². The average Bonchev–Trinajstić information content (AvgIpc) is 3.63. The van der Waals surface area contributed by atoms with Crippen LogP contribution in [0.15, 0.2) is 67.0 Å². The van der Waals surface area contributed by atoms with Crippen LogP contribution in [0.1, 0.15) is 22.9 Å². The molecule has 8 heteroatoms. The Morgan fingerprint density at radius 3 is 2.76 bits per heavy atom. The predicted octanol–water partition coefficient (Wildman–Crippen LogP) is 0.445. The monoisotopic (exact) mass is 460 g/mol. The van der Waals surface area contributed by atoms with Crippen LogP contribution in [-0.4, -0.2) is 58.5 Å². The number of nitrogens with two attached hydrogens (primary N) is 1. The number of fused-ring (bicyclic) bond motifs is 2. The minimum atomic E-state index is 0.0214. The number of para-hydroxylation sites is 1. The van der Waals surface area contributed by atoms with Crippen molar-refractivity contribution in [1.29, 1.82) is 0 Å². The number of quaternary nitrogens is 2. The number of H-pyrrole nitrogens is 1. The van der Waals surface area contributed by atoms with Crippen molar-refractivity contribution >= 4 is 10.9 Å². The van der Waals surface area contributed by atoms with Gasteiger partial charge in [0.05, 0.1) is 19.9 Å². The van der Waals surface area contributed by atoms with Crippen molar-refractivity contribution in [3.05, 3.63) is 83.8 Å². The van der Waals surface area contributed by atoms with Crippen LogP contribution in [0.5, 0.6) is 0 Å². The molecule has 34 heavy (non-hydrogen) atoms. The zero-order valence-electron chi connectivity index (χ0n) is 19.4. The Morgan fingerprint density at radius 1 is 1.03 bits per heavy atom. The van der Waals surface area contributed by atoms with Gasteiger partial charge < -0.3 is 24.7 Å². The first-order chi connectivity index (χ1) is 16.7. The van der Waals surface area contributed by atoms with E-state index in [2.05, 4.69) is 94.7 Å². The van der Waals surface area contributed by atoms with Gasteiger partial charge in [-0.1, -0.05) is 53.7 Å². The maximum Gasteiger partial charge on any atom is 0.140 e. The fourth-order valence-electron chi connectivity index (χ4n) is 5.39. The summed E-state index contributed by atoms with van der Waals surface area (Å²) >= 11 is 0. The van der Waals surface area contributed by atoms with Gasteiger partial charge in [0.2, 0.25) is 0 Å². The van der Waals surface area contributed by atoms with Crippen LogP contribution in [0.25, 0.3) is 10.9 Å². The Balaban J connectivity index is 1.06. The van der Waals surface area contributed by atoms with Crippen LogP contribution in [0.3, 0.4) is 0 Å². The van der Waals surface area contributed by atoms with Gasteiger partial charge in [0, 0.05) is 28.2 Å². The number of hydrogen-bond acceptors (Lipinski definition) is 4. The quantitative estimate of drug-likeness (QED) is 0.356. The van der Waals surface area contributed by atoms with E-state index < -0.39 is 0 Å². The van der Waals surface area contributed by atoms with Gasteiger partial charge in [0.25, 0.3) is 0 Å². The minimum absolute atomic E-state index is 0.0214. The molecule has 2 aromatic carbocycles. The van der Waals surface area contributed by atoms with Crippen LogP contribution in [0, 0.1) is 0 Å². The third-order valence-electron chi connectivity index (χ3n) is 7.11. The molecule has 2 aromatic heterocycles. The Labute approximate surface area is 198 Å². The molecule has 4 N–H and O–H groups in total. The molecule has 0 spiro atoms. The maximum absolute atomic E-state index is 6.23. The molecule has 2 aliphatic rings. The SMILES string of the molecule is C[NH+](Cc1ccccc1)Cc1cn([C@H]2CO[C@H]3[C@@H]2OC[C@@H]3[NH2+]Cc2c[nH]c3ccccc23)nn1. The van der Waals surface area contributed by atoms with E-state index in [1.807, 2.05) is 4.68 Å². The molecule has 0 bridgehead atoms. The first-order valence-corrected chi connectivity index (χ1v) is 12.1. The predicted molar refractivity (Wildman–Crippen MR) is 127 cm³/mol. The highest BCUT2D eigenvalue weighted by Crippen LogP contribution is 2.33. The van der Waals surface area contributed by atoms with Crippen molar-refractivity contribution in [2.45, 2.75) is 43.9 Å². The smallest absolute Gasteiger partial charge is 0.140 e. The van der Waals surface area contributed by atoms with Gasteiger partial charge in [0.1, 0.15) is 56.2 Å². The van der Waals surface area contributed by atoms with Gasteiger partial charge in [-0.2, -0.15) is 0 Å². The molecule has 5 atom stereocenters. The summed E-state index contributed by atoms with van der Waals surface area (Å²) < 4.78 is 14.4. The van der Waals surface area contributed by atoms with Gasteiger partial charge in [-0.3, -0.25) is 0 Å². The number of benzene rings is 2. The molecular formula is C26H32N6O2+2. The number of nitrogens with one attached hydrogen (secondary N) is 2. The minimum Gasteiger partial charge on any atom is -0.367 e. The highest BCUT2D eigenvalue weighted by Gasteiger charge is 2.50. The van der Waals surface area contributed by atoms with E-state index >= 15 is 0 Å². The lowest BCUT2D eigenvalue weighted by molar-refractivity contribution is -0.908. The first-order valence-electron chi connectivity index (χ1n) is 12.1. The topological polar surface area (TPSA) is 86.0 Å². The molecule has 1 unspecified atom stereocenters. The highest BCUT2D eigenvalue weighted by molar-refractivity contribution is 5.82. The van der Waals surface area contributed by atoms with E-state index in [1.54, 1.807) is 0 Å². The van der Waals surface area contributed by atoms with E-state index in [-0.39, 0.29) is 24.3 Å². The number of aromatic nitrogens is 4. The molecule has 0 saturated carbocycles. The summed E-state index contributed by atoms with van der Waals surface area (Å²) in [5.74, 6) is 0. The molecule has 6 rings (SSSR count). The molecule has 4 heterocycles. The molecule has 0 radical (unpaired) electrons. The summed E-state index contributed by atoms with van der Waals surface area (Å²) in [6.45, 7) is 4.00. The second kappa shape index (κ2) is 9.31. The lowest BCUT2D eigenvalue weighted by Crippen LogP contribution is -3.06. The maximum atomic E-state index is 6.23. The van der Waals surface area contributed by atoms with Gasteiger partial charge in [-0.25, -0.2) is 4.68 Å². The summed E-state index contributed by atoms with van der Waals surface area (Å²) in [6, 6.07) is 19.4. The number of nitrogens with zero attached hydrogens (tertiary/aromatic N) is 3. The summed E-state index contributed by atoms with van der Waals surface area (Å²) in [5.41, 5.74) is 4.82. The van der Waals surface area contributed by atoms with E-state index in [1.165, 1.54) is 26.9 Å². The van der Waals surface area contributed by atoms with Gasteiger partial charge in [-0.15, -0.1) is 5.10 Å². The summed E-state index contributed by atoms with van der Waals surface area (Å²) in [6.07, 6.45) is 4.28. The van der Waals surface area contributed by atoms with Crippen LogP contribution in [0.2, 0.25) is 0 Å². The zero-order chi connectivity index (χ0) is 22.9. The van der Waals surface area contributed by atoms with Crippen molar-refractivity contribution in [3.63, 3.8) is 0 Å². The third kappa shape index (κ3) is 4.25. The fraction of sp³-hybridized carbons (Fsp3) is 0.385. The van der Waals surface area contributed by atoms with E-state index in [4.69, 9.17) is 9.47 Å². The van der Waals surface area contributed by atoms with Crippen molar-refractivity contribution in [2.24, 2.45) is 0 Å². The largest absolute Gasteiger partial charge is 0.367 e. The van der Waals surface area contributed by atoms with Crippen molar-refractivity contribution < 1.29 is 19.7 Å². The molecular weight excluding hydrogens is 428 g/mol. The Morgan fingerprint density at radius 2 is 1.85 bits per heavy atom. The van der Waals surface area contributed by atoms with Gasteiger partial charge in [0.15, 0.2) is 0 Å². The van der Waals surface area contributed by atoms with Crippen LogP contribution < -0.4 is 10.2 Å². The first kappa shape index (κ1) is 21.5. The Bertz CT molecular complexity index is 1240. The molecule has 176 valence electrons. The zero-order valence-corrected chi connectivity index (χ0v) is 19.4. The fourth-order valence-corrected chi connectivity index (χ4v) is 5.39. The Hall–Kier alpha value is -3.04. The standard InChI is InChI=1S/C26H30N6O2/c1-31(13-18-7-3-2-4-8-18)14-20-15-32(30-29-20)24-17-34-25-23(16-33-26(24)25)28-12-19-11-27-22-10-6-5-9-21(19)22/h2-11,15,23-28H,12-14,16-17H2,1H3/p+2/t23-,24-,25+,26+/m0/s1. The van der Waals surface area contributed by atoms with Crippen molar-refractivity contribution in [2.75, 3.05) is 20.3 Å². The summed E-state index contributed by atoms with van der Waals surface area (Å²) in [4.78, 5) is 4.74. The lowest BCUT2D eigenvalue weighted by atomic mass is 10.1. The normalized spacial score (nSPS) is 25.1. The number of hydrogen-bond donors (Lipinski definition) is 3. The number of aromatic amines is 1. The van der Waals surface area contributed by atoms with Gasteiger partial charge >= 0.3 is 0 Å². The highest BCUT2D eigenvalue weighted by atomic mass is 16.6. The molecule has 0 amide bonds. The molecule has 4 aromatic rings. The van der Waals surface area contributed by atoms with Crippen LogP contribution in [-0.2, 0) is 29.1 Å². The second-order valence-electron chi connectivity index (χ2n) is 9.61. The van der Waals surface area contributed by atoms with Gasteiger partial charge in [-0.05, 0) is 6.07 Å². The Kier molecular flexibility index (Phi) is 5.88. The average molecular weight is 461 g/mol. The third-order valence-corrected chi connectivity index (χ3v) is 7.11. The molecule has 2 fully saturated rings. The molecule has 8 nitrogen and oxygen atoms in total. The summed E-state index contributed by atoms with van der Waals surface area (Å²) in [7, 11) is 2.19. The van der Waals surface area contributed by atoms with E-state index in [9.17, 15) is 0 Å². The lowest BCUT2D eigenvalue weighted by Gasteiger charge is -2.15. The van der Waals surface area contributed by atoms with E-state index in [0.29, 0.717) is 13.2 Å². The molecule has 0 aliphatic carbocycles. The number of rotatable bonds is 8. The van der Waals surface area contributed by atoms with Crippen LogP contribution in [0.4, 0.5) is 0 Å². The van der Waals surface area contributed by atoms with Crippen molar-refractivity contribution in [1.82, 2.24) is 20.0 Å². The molecule has 2 aliphatic heterocycles. The van der Waals surface area contributed by atoms with Crippen molar-refractivity contribution in [3.8, 4) is 0 Å². The second-order valence-corrected chi connectivity index (χ2v) is 9.61. The summed E-state index contributed by atoms with van der Waals surface area (Å²) in [5, 5.41) is 12.5. The van der Waals surface area contributed by atoms with E-state index in [0.717, 1.165) is 25.3 Å². The number of ether oxygens (including phenoxy) is 2.